The molecular formula is C22H27N5OS. The molecule has 3 aromatic rings. The van der Waals surface area contributed by atoms with Crippen molar-refractivity contribution in [1.29, 1.82) is 0 Å². The lowest BCUT2D eigenvalue weighted by molar-refractivity contribution is -0.134. The number of aromatic nitrogens is 2. The van der Waals surface area contributed by atoms with Gasteiger partial charge in [0.25, 0.3) is 0 Å². The average Bonchev–Trinajstić information content (AvgIpc) is 3.22. The second-order valence-corrected chi connectivity index (χ2v) is 8.60. The van der Waals surface area contributed by atoms with Crippen molar-refractivity contribution in [2.75, 3.05) is 37.6 Å². The fourth-order valence-corrected chi connectivity index (χ4v) is 4.50. The van der Waals surface area contributed by atoms with Crippen molar-refractivity contribution < 1.29 is 4.79 Å². The Morgan fingerprint density at radius 2 is 1.86 bits per heavy atom. The monoisotopic (exact) mass is 409 g/mol. The number of nitrogens with zero attached hydrogens (tertiary/aromatic N) is 5. The van der Waals surface area contributed by atoms with Crippen LogP contribution in [-0.4, -0.2) is 64.4 Å². The fraction of sp³-hybridized carbons (Fsp3) is 0.409. The maximum absolute atomic E-state index is 13.0. The van der Waals surface area contributed by atoms with E-state index in [1.807, 2.05) is 23.1 Å². The summed E-state index contributed by atoms with van der Waals surface area (Å²) < 4.78 is 0. The van der Waals surface area contributed by atoms with Crippen molar-refractivity contribution >= 4 is 33.3 Å². The minimum absolute atomic E-state index is 0.178. The highest BCUT2D eigenvalue weighted by Crippen LogP contribution is 2.27. The first-order chi connectivity index (χ1) is 14.1. The number of carbonyl (C=O) groups excluding carboxylic acids is 1. The zero-order chi connectivity index (χ0) is 20.2. The smallest absolute Gasteiger partial charge is 0.237 e. The van der Waals surface area contributed by atoms with Gasteiger partial charge in [0.2, 0.25) is 5.91 Å². The van der Waals surface area contributed by atoms with Crippen LogP contribution in [0.15, 0.2) is 48.1 Å². The van der Waals surface area contributed by atoms with Gasteiger partial charge in [0.1, 0.15) is 17.0 Å². The number of hydrogen-bond donors (Lipinski definition) is 0. The van der Waals surface area contributed by atoms with Crippen LogP contribution in [0.3, 0.4) is 0 Å². The lowest BCUT2D eigenvalue weighted by Gasteiger charge is -2.36. The molecule has 0 N–H and O–H groups in total. The van der Waals surface area contributed by atoms with Gasteiger partial charge in [-0.05, 0) is 30.9 Å². The summed E-state index contributed by atoms with van der Waals surface area (Å²) in [4.78, 5) is 29.4. The first-order valence-corrected chi connectivity index (χ1v) is 11.0. The van der Waals surface area contributed by atoms with Gasteiger partial charge in [-0.2, -0.15) is 0 Å². The Kier molecular flexibility index (Phi) is 6.06. The number of anilines is 1. The number of amides is 1. The number of fused-ring (bicyclic) bond motifs is 1. The van der Waals surface area contributed by atoms with Gasteiger partial charge in [-0.25, -0.2) is 9.97 Å². The number of benzene rings is 1. The van der Waals surface area contributed by atoms with Crippen LogP contribution < -0.4 is 4.90 Å². The van der Waals surface area contributed by atoms with Crippen LogP contribution in [0.1, 0.15) is 19.4 Å². The van der Waals surface area contributed by atoms with E-state index in [2.05, 4.69) is 57.2 Å². The van der Waals surface area contributed by atoms with Crippen molar-refractivity contribution in [2.45, 2.75) is 26.4 Å². The third-order valence-corrected chi connectivity index (χ3v) is 6.23. The van der Waals surface area contributed by atoms with Crippen LogP contribution in [0.25, 0.3) is 10.2 Å². The summed E-state index contributed by atoms with van der Waals surface area (Å²) in [6.45, 7) is 8.76. The minimum Gasteiger partial charge on any atom is -0.353 e. The van der Waals surface area contributed by atoms with Crippen LogP contribution in [0.5, 0.6) is 0 Å². The first-order valence-electron chi connectivity index (χ1n) is 10.1. The molecule has 0 radical (unpaired) electrons. The van der Waals surface area contributed by atoms with Crippen LogP contribution in [0.2, 0.25) is 0 Å². The molecule has 0 saturated carbocycles. The van der Waals surface area contributed by atoms with Gasteiger partial charge in [0, 0.05) is 38.8 Å². The topological polar surface area (TPSA) is 52.6 Å². The Hall–Kier alpha value is -2.51. The molecule has 0 spiro atoms. The van der Waals surface area contributed by atoms with Gasteiger partial charge in [0.05, 0.1) is 11.9 Å². The standard InChI is InChI=1S/C22H27N5OS/c1-17(2)27(14-18-6-4-3-5-7-18)20(28)15-25-9-11-26(12-10-25)21-19-8-13-29-22(19)24-16-23-21/h3-8,13,16-17H,9-12,14-15H2,1-2H3. The lowest BCUT2D eigenvalue weighted by Crippen LogP contribution is -2.51. The quantitative estimate of drug-likeness (QED) is 0.626. The summed E-state index contributed by atoms with van der Waals surface area (Å²) in [5, 5.41) is 3.18. The summed E-state index contributed by atoms with van der Waals surface area (Å²) in [7, 11) is 0. The first kappa shape index (κ1) is 19.8. The number of carbonyl (C=O) groups is 1. The third-order valence-electron chi connectivity index (χ3n) is 5.41. The number of rotatable bonds is 6. The van der Waals surface area contributed by atoms with Gasteiger partial charge in [-0.3, -0.25) is 9.69 Å². The minimum atomic E-state index is 0.178. The maximum atomic E-state index is 13.0. The van der Waals surface area contributed by atoms with Crippen LogP contribution in [0.4, 0.5) is 5.82 Å². The Bertz CT molecular complexity index is 950. The van der Waals surface area contributed by atoms with Gasteiger partial charge in [-0.15, -0.1) is 11.3 Å². The van der Waals surface area contributed by atoms with Crippen molar-refractivity contribution in [3.05, 3.63) is 53.7 Å². The van der Waals surface area contributed by atoms with E-state index >= 15 is 0 Å². The second kappa shape index (κ2) is 8.88. The van der Waals surface area contributed by atoms with E-state index in [1.165, 1.54) is 5.56 Å². The number of hydrogen-bond acceptors (Lipinski definition) is 6. The van der Waals surface area contributed by atoms with E-state index in [9.17, 15) is 4.79 Å². The van der Waals surface area contributed by atoms with Crippen molar-refractivity contribution in [3.8, 4) is 0 Å². The normalized spacial score (nSPS) is 15.2. The second-order valence-electron chi connectivity index (χ2n) is 7.70. The van der Waals surface area contributed by atoms with Crippen molar-refractivity contribution in [1.82, 2.24) is 19.8 Å². The molecule has 1 aliphatic rings. The molecule has 0 aliphatic carbocycles. The van der Waals surface area contributed by atoms with E-state index in [1.54, 1.807) is 17.7 Å². The Morgan fingerprint density at radius 3 is 2.59 bits per heavy atom. The van der Waals surface area contributed by atoms with E-state index in [0.29, 0.717) is 13.1 Å². The van der Waals surface area contributed by atoms with Gasteiger partial charge >= 0.3 is 0 Å². The van der Waals surface area contributed by atoms with Crippen molar-refractivity contribution in [2.24, 2.45) is 0 Å². The van der Waals surface area contributed by atoms with E-state index < -0.39 is 0 Å². The van der Waals surface area contributed by atoms with Gasteiger partial charge in [-0.1, -0.05) is 30.3 Å². The lowest BCUT2D eigenvalue weighted by atomic mass is 10.2. The van der Waals surface area contributed by atoms with Gasteiger partial charge < -0.3 is 9.80 Å². The summed E-state index contributed by atoms with van der Waals surface area (Å²) in [6.07, 6.45) is 1.65. The largest absolute Gasteiger partial charge is 0.353 e. The van der Waals surface area contributed by atoms with Crippen LogP contribution >= 0.6 is 11.3 Å². The Morgan fingerprint density at radius 1 is 1.10 bits per heavy atom. The number of piperazine rings is 1. The van der Waals surface area contributed by atoms with Crippen LogP contribution in [0, 0.1) is 0 Å². The van der Waals surface area contributed by atoms with Gasteiger partial charge in [0.15, 0.2) is 0 Å². The SMILES string of the molecule is CC(C)N(Cc1ccccc1)C(=O)CN1CCN(c2ncnc3sccc23)CC1. The molecule has 0 unspecified atom stereocenters. The summed E-state index contributed by atoms with van der Waals surface area (Å²) in [5.41, 5.74) is 1.17. The van der Waals surface area contributed by atoms with E-state index in [4.69, 9.17) is 0 Å². The summed E-state index contributed by atoms with van der Waals surface area (Å²) in [5.74, 6) is 1.20. The molecule has 6 nitrogen and oxygen atoms in total. The zero-order valence-corrected chi connectivity index (χ0v) is 17.8. The average molecular weight is 410 g/mol. The molecule has 4 rings (SSSR count). The van der Waals surface area contributed by atoms with E-state index in [0.717, 1.165) is 42.2 Å². The molecule has 152 valence electrons. The number of thiophene rings is 1. The third kappa shape index (κ3) is 4.57. The van der Waals surface area contributed by atoms with Crippen LogP contribution in [-0.2, 0) is 11.3 Å². The summed E-state index contributed by atoms with van der Waals surface area (Å²) >= 11 is 1.64. The molecule has 1 aromatic carbocycles. The molecular weight excluding hydrogens is 382 g/mol. The highest BCUT2D eigenvalue weighted by Gasteiger charge is 2.24. The molecule has 3 heterocycles. The Balaban J connectivity index is 1.36. The maximum Gasteiger partial charge on any atom is 0.237 e. The molecule has 1 aliphatic heterocycles. The van der Waals surface area contributed by atoms with Crippen molar-refractivity contribution in [3.63, 3.8) is 0 Å². The summed E-state index contributed by atoms with van der Waals surface area (Å²) in [6, 6.07) is 12.5. The molecule has 1 fully saturated rings. The molecule has 0 atom stereocenters. The molecule has 7 heteroatoms. The molecule has 0 bridgehead atoms. The van der Waals surface area contributed by atoms with E-state index in [-0.39, 0.29) is 11.9 Å². The molecule has 2 aromatic heterocycles. The Labute approximate surface area is 175 Å². The highest BCUT2D eigenvalue weighted by molar-refractivity contribution is 7.16. The molecule has 1 saturated heterocycles. The zero-order valence-electron chi connectivity index (χ0n) is 17.0. The highest BCUT2D eigenvalue weighted by atomic mass is 32.1. The fourth-order valence-electron chi connectivity index (χ4n) is 3.77. The predicted molar refractivity (Wildman–Crippen MR) is 118 cm³/mol. The predicted octanol–water partition coefficient (Wildman–Crippen LogP) is 3.25. The molecule has 29 heavy (non-hydrogen) atoms. The molecule has 1 amide bonds.